The van der Waals surface area contributed by atoms with Gasteiger partial charge in [0.2, 0.25) is 0 Å². The number of nitrogens with zero attached hydrogens (tertiary/aromatic N) is 4. The number of hydrogen-bond acceptors (Lipinski definition) is 3. The Hall–Kier alpha value is -0.860. The SMILES string of the molecule is CC(C)(C)NC(N)=NCc1nnc2n1CCCCC2.I. The average Bonchev–Trinajstić information content (AvgIpc) is 2.53. The summed E-state index contributed by atoms with van der Waals surface area (Å²) in [5, 5.41) is 11.6. The van der Waals surface area contributed by atoms with Crippen LogP contribution in [0.15, 0.2) is 4.99 Å². The van der Waals surface area contributed by atoms with Crippen molar-refractivity contribution in [3.05, 3.63) is 11.6 Å². The van der Waals surface area contributed by atoms with Gasteiger partial charge in [-0.15, -0.1) is 34.2 Å². The van der Waals surface area contributed by atoms with Crippen LogP contribution >= 0.6 is 24.0 Å². The second-order valence-electron chi connectivity index (χ2n) is 6.07. The van der Waals surface area contributed by atoms with Gasteiger partial charge in [-0.3, -0.25) is 0 Å². The van der Waals surface area contributed by atoms with Gasteiger partial charge in [-0.25, -0.2) is 4.99 Å². The normalized spacial score (nSPS) is 16.1. The third kappa shape index (κ3) is 4.92. The quantitative estimate of drug-likeness (QED) is 0.457. The molecule has 0 unspecified atom stereocenters. The Kier molecular flexibility index (Phi) is 6.22. The zero-order valence-electron chi connectivity index (χ0n) is 12.5. The number of hydrogen-bond donors (Lipinski definition) is 2. The fraction of sp³-hybridized carbons (Fsp3) is 0.769. The number of fused-ring (bicyclic) bond motifs is 1. The van der Waals surface area contributed by atoms with E-state index >= 15 is 0 Å². The molecule has 114 valence electrons. The zero-order valence-corrected chi connectivity index (χ0v) is 14.8. The number of aryl methyl sites for hydroxylation is 1. The number of aliphatic imine (C=N–C) groups is 1. The van der Waals surface area contributed by atoms with Gasteiger partial charge in [0, 0.05) is 18.5 Å². The smallest absolute Gasteiger partial charge is 0.189 e. The Bertz CT molecular complexity index is 460. The third-order valence-electron chi connectivity index (χ3n) is 3.08. The summed E-state index contributed by atoms with van der Waals surface area (Å²) in [4.78, 5) is 4.35. The molecule has 2 rings (SSSR count). The number of nitrogens with one attached hydrogen (secondary N) is 1. The van der Waals surface area contributed by atoms with Crippen LogP contribution in [0.25, 0.3) is 0 Å². The Morgan fingerprint density at radius 2 is 2.05 bits per heavy atom. The Morgan fingerprint density at radius 1 is 1.30 bits per heavy atom. The monoisotopic (exact) mass is 392 g/mol. The van der Waals surface area contributed by atoms with E-state index in [1.54, 1.807) is 0 Å². The van der Waals surface area contributed by atoms with Crippen LogP contribution in [-0.4, -0.2) is 26.3 Å². The Balaban J connectivity index is 0.00000200. The highest BCUT2D eigenvalue weighted by Gasteiger charge is 2.14. The Labute approximate surface area is 137 Å². The molecule has 0 aromatic carbocycles. The molecular formula is C13H25IN6. The molecule has 0 spiro atoms. The summed E-state index contributed by atoms with van der Waals surface area (Å²) in [6, 6.07) is 0. The van der Waals surface area contributed by atoms with Gasteiger partial charge < -0.3 is 15.6 Å². The van der Waals surface area contributed by atoms with Gasteiger partial charge in [0.05, 0.1) is 0 Å². The van der Waals surface area contributed by atoms with Gasteiger partial charge in [-0.1, -0.05) is 6.42 Å². The summed E-state index contributed by atoms with van der Waals surface area (Å²) in [6.07, 6.45) is 4.68. The molecule has 1 aromatic heterocycles. The first-order valence-corrected chi connectivity index (χ1v) is 6.95. The number of rotatable bonds is 2. The highest BCUT2D eigenvalue weighted by Crippen LogP contribution is 2.14. The second kappa shape index (κ2) is 7.24. The molecular weight excluding hydrogens is 367 g/mol. The molecule has 1 aliphatic rings. The topological polar surface area (TPSA) is 81.1 Å². The van der Waals surface area contributed by atoms with E-state index in [9.17, 15) is 0 Å². The van der Waals surface area contributed by atoms with E-state index in [-0.39, 0.29) is 29.5 Å². The lowest BCUT2D eigenvalue weighted by Gasteiger charge is -2.20. The van der Waals surface area contributed by atoms with Crippen LogP contribution in [0, 0.1) is 0 Å². The summed E-state index contributed by atoms with van der Waals surface area (Å²) in [6.45, 7) is 7.65. The van der Waals surface area contributed by atoms with Gasteiger partial charge in [0.1, 0.15) is 12.4 Å². The molecule has 1 aromatic rings. The Morgan fingerprint density at radius 3 is 2.75 bits per heavy atom. The molecule has 0 saturated carbocycles. The van der Waals surface area contributed by atoms with Gasteiger partial charge in [0.25, 0.3) is 0 Å². The molecule has 3 N–H and O–H groups in total. The van der Waals surface area contributed by atoms with Gasteiger partial charge in [-0.05, 0) is 33.6 Å². The highest BCUT2D eigenvalue weighted by molar-refractivity contribution is 14.0. The number of aromatic nitrogens is 3. The van der Waals surface area contributed by atoms with Crippen molar-refractivity contribution in [2.75, 3.05) is 0 Å². The van der Waals surface area contributed by atoms with Crippen molar-refractivity contribution in [3.8, 4) is 0 Å². The van der Waals surface area contributed by atoms with Crippen molar-refractivity contribution in [3.63, 3.8) is 0 Å². The molecule has 6 nitrogen and oxygen atoms in total. The van der Waals surface area contributed by atoms with Crippen molar-refractivity contribution >= 4 is 29.9 Å². The maximum atomic E-state index is 5.86. The van der Waals surface area contributed by atoms with E-state index in [0.717, 1.165) is 24.6 Å². The van der Waals surface area contributed by atoms with Crippen LogP contribution in [0.4, 0.5) is 0 Å². The summed E-state index contributed by atoms with van der Waals surface area (Å²) < 4.78 is 2.20. The van der Waals surface area contributed by atoms with E-state index in [2.05, 4.69) is 45.8 Å². The summed E-state index contributed by atoms with van der Waals surface area (Å²) in [7, 11) is 0. The largest absolute Gasteiger partial charge is 0.370 e. The molecule has 2 heterocycles. The van der Waals surface area contributed by atoms with Crippen molar-refractivity contribution in [1.29, 1.82) is 0 Å². The lowest BCUT2D eigenvalue weighted by molar-refractivity contribution is 0.507. The lowest BCUT2D eigenvalue weighted by atomic mass is 10.1. The van der Waals surface area contributed by atoms with E-state index in [1.165, 1.54) is 19.3 Å². The van der Waals surface area contributed by atoms with Crippen molar-refractivity contribution in [1.82, 2.24) is 20.1 Å². The summed E-state index contributed by atoms with van der Waals surface area (Å²) >= 11 is 0. The van der Waals surface area contributed by atoms with Gasteiger partial charge in [-0.2, -0.15) is 0 Å². The van der Waals surface area contributed by atoms with E-state index < -0.39 is 0 Å². The first kappa shape index (κ1) is 17.2. The van der Waals surface area contributed by atoms with E-state index in [4.69, 9.17) is 5.73 Å². The molecule has 0 saturated heterocycles. The number of halogens is 1. The van der Waals surface area contributed by atoms with Gasteiger partial charge >= 0.3 is 0 Å². The van der Waals surface area contributed by atoms with E-state index in [0.29, 0.717) is 12.5 Å². The van der Waals surface area contributed by atoms with Crippen molar-refractivity contribution in [2.45, 2.75) is 65.1 Å². The molecule has 0 aliphatic carbocycles. The minimum atomic E-state index is -0.0741. The molecule has 20 heavy (non-hydrogen) atoms. The van der Waals surface area contributed by atoms with E-state index in [1.807, 2.05) is 0 Å². The van der Waals surface area contributed by atoms with Crippen LogP contribution in [0.3, 0.4) is 0 Å². The van der Waals surface area contributed by atoms with Crippen LogP contribution in [0.2, 0.25) is 0 Å². The molecule has 0 atom stereocenters. The first-order valence-electron chi connectivity index (χ1n) is 6.95. The second-order valence-corrected chi connectivity index (χ2v) is 6.07. The minimum absolute atomic E-state index is 0. The van der Waals surface area contributed by atoms with Crippen LogP contribution in [0.1, 0.15) is 51.7 Å². The highest BCUT2D eigenvalue weighted by atomic mass is 127. The van der Waals surface area contributed by atoms with Crippen LogP contribution in [0.5, 0.6) is 0 Å². The van der Waals surface area contributed by atoms with Gasteiger partial charge in [0.15, 0.2) is 11.8 Å². The fourth-order valence-electron chi connectivity index (χ4n) is 2.24. The molecule has 0 radical (unpaired) electrons. The average molecular weight is 392 g/mol. The predicted molar refractivity (Wildman–Crippen MR) is 91.2 cm³/mol. The fourth-order valence-corrected chi connectivity index (χ4v) is 2.24. The first-order chi connectivity index (χ1) is 8.96. The minimum Gasteiger partial charge on any atom is -0.370 e. The maximum absolute atomic E-state index is 5.86. The third-order valence-corrected chi connectivity index (χ3v) is 3.08. The van der Waals surface area contributed by atoms with Crippen LogP contribution < -0.4 is 11.1 Å². The standard InChI is InChI=1S/C13H24N6.HI/c1-13(2,3)16-12(14)15-9-11-18-17-10-7-5-4-6-8-19(10)11;/h4-9H2,1-3H3,(H3,14,15,16);1H. The van der Waals surface area contributed by atoms with Crippen LogP contribution in [-0.2, 0) is 19.5 Å². The molecule has 0 amide bonds. The molecule has 1 aliphatic heterocycles. The zero-order chi connectivity index (χ0) is 13.9. The molecule has 7 heteroatoms. The lowest BCUT2D eigenvalue weighted by Crippen LogP contribution is -2.45. The van der Waals surface area contributed by atoms with Crippen molar-refractivity contribution < 1.29 is 0 Å². The van der Waals surface area contributed by atoms with Crippen molar-refractivity contribution in [2.24, 2.45) is 10.7 Å². The summed E-state index contributed by atoms with van der Waals surface area (Å²) in [5.74, 6) is 2.46. The predicted octanol–water partition coefficient (Wildman–Crippen LogP) is 1.83. The summed E-state index contributed by atoms with van der Waals surface area (Å²) in [5.41, 5.74) is 5.79. The number of nitrogens with two attached hydrogens (primary N) is 1. The molecule has 0 bridgehead atoms. The molecule has 0 fully saturated rings. The number of guanidine groups is 1. The maximum Gasteiger partial charge on any atom is 0.189 e.